The fourth-order valence-electron chi connectivity index (χ4n) is 8.26. The number of hydrogen-bond acceptors (Lipinski definition) is 3. The molecular formula is C99H100Br3Cl5O3. The molecule has 0 unspecified atom stereocenters. The van der Waals surface area contributed by atoms with E-state index in [0.29, 0.717) is 16.7 Å². The fraction of sp³-hybridized carbons (Fsp3) is 0.101. The Labute approximate surface area is 708 Å². The number of ether oxygens (including phenoxy) is 3. The van der Waals surface area contributed by atoms with E-state index >= 15 is 0 Å². The van der Waals surface area contributed by atoms with Gasteiger partial charge in [-0.05, 0) is 184 Å². The lowest BCUT2D eigenvalue weighted by atomic mass is 9.87. The summed E-state index contributed by atoms with van der Waals surface area (Å²) in [7, 11) is 1.64. The summed E-state index contributed by atoms with van der Waals surface area (Å²) in [5, 5.41) is 3.56. The van der Waals surface area contributed by atoms with Crippen molar-refractivity contribution in [2.75, 3.05) is 7.11 Å². The first-order valence-electron chi connectivity index (χ1n) is 34.3. The molecule has 110 heavy (non-hydrogen) atoms. The topological polar surface area (TPSA) is 27.7 Å². The van der Waals surface area contributed by atoms with E-state index in [4.69, 9.17) is 72.2 Å². The highest BCUT2D eigenvalue weighted by atomic mass is 79.9. The molecule has 11 aromatic rings. The van der Waals surface area contributed by atoms with E-state index in [1.807, 2.05) is 270 Å². The van der Waals surface area contributed by atoms with Crippen LogP contribution in [0.3, 0.4) is 0 Å². The predicted octanol–water partition coefficient (Wildman–Crippen LogP) is 33.9. The van der Waals surface area contributed by atoms with Crippen LogP contribution in [-0.4, -0.2) is 12.7 Å². The molecule has 0 aliphatic carbocycles. The lowest BCUT2D eigenvalue weighted by molar-refractivity contribution is 0.131. The first-order chi connectivity index (χ1) is 52.5. The molecule has 0 aliphatic rings. The van der Waals surface area contributed by atoms with Crippen molar-refractivity contribution in [3.63, 3.8) is 0 Å². The van der Waals surface area contributed by atoms with E-state index < -0.39 is 0 Å². The van der Waals surface area contributed by atoms with Gasteiger partial charge in [0.25, 0.3) is 0 Å². The fourth-order valence-corrected chi connectivity index (χ4v) is 10.5. The summed E-state index contributed by atoms with van der Waals surface area (Å²) in [6.07, 6.45) is 17.9. The van der Waals surface area contributed by atoms with Gasteiger partial charge in [0.1, 0.15) is 18.0 Å². The standard InChI is InChI=1S/C16H16O2.C12H16O.C12H16.3C8H7Br.C8H6Cl2.3C8H7Cl.C3H4/c1-3-13-9-10-15(16(11-13)17-2)18-12-14-7-5-4-6-8-14;1-5-10-6-8-11(9-7-10)13-12(2,3)4;1-5-10-6-8-11(9-7-10)12(2,3)4;1-2-7-3-5-8(9)6-4-7;1-2-7-4-3-5-8(9)6-7;1-2-7-5-3-4-6-8(7)9;1-2-6-7(9)4-3-5-8(6)10;1-2-7-3-5-8(9)6-4-7;1-2-7-4-3-5-8(9)6-7;1-2-7-5-3-4-6-8(7)9;1-3-2/h3-11H,1,12H2,2H3;5-9H,1H2,2-4H3;5-9H,1H2,2-4H3;3*2-6H,1H2;2-5H,1H2;3*2-6H,1H2;1-2H2. The summed E-state index contributed by atoms with van der Waals surface area (Å²) < 4.78 is 20.0. The Hall–Kier alpha value is -9.37. The molecule has 0 N–H and O–H groups in total. The van der Waals surface area contributed by atoms with E-state index in [2.05, 4.69) is 178 Å². The van der Waals surface area contributed by atoms with Crippen LogP contribution in [0.25, 0.3) is 60.8 Å². The highest BCUT2D eigenvalue weighted by Gasteiger charge is 2.13. The third kappa shape index (κ3) is 44.3. The molecule has 0 radical (unpaired) electrons. The molecule has 11 heteroatoms. The van der Waals surface area contributed by atoms with Crippen molar-refractivity contribution in [1.82, 2.24) is 0 Å². The SMILES string of the molecule is C=C=C.C=Cc1c(Cl)cccc1Cl.C=Cc1ccc(Br)cc1.C=Cc1ccc(C(C)(C)C)cc1.C=Cc1ccc(Cl)cc1.C=Cc1ccc(OC(C)(C)C)cc1.C=Cc1ccc(OCc2ccccc2)c(OC)c1.C=Cc1cccc(Br)c1.C=Cc1cccc(Cl)c1.C=Cc1ccccc1Br.C=Cc1ccccc1Cl. The maximum Gasteiger partial charge on any atom is 0.161 e. The van der Waals surface area contributed by atoms with Gasteiger partial charge in [0.05, 0.1) is 7.11 Å². The Kier molecular flexibility index (Phi) is 51.7. The Bertz CT molecular complexity index is 4410. The molecule has 0 spiro atoms. The second kappa shape index (κ2) is 57.7. The van der Waals surface area contributed by atoms with E-state index in [0.717, 1.165) is 101 Å². The highest BCUT2D eigenvalue weighted by molar-refractivity contribution is 9.11. The molecule has 0 saturated heterocycles. The summed E-state index contributed by atoms with van der Waals surface area (Å²) in [6.45, 7) is 56.1. The van der Waals surface area contributed by atoms with Crippen LogP contribution in [0.15, 0.2) is 359 Å². The van der Waals surface area contributed by atoms with E-state index in [9.17, 15) is 0 Å². The monoisotopic (exact) mass is 1750 g/mol. The normalized spacial score (nSPS) is 9.48. The van der Waals surface area contributed by atoms with E-state index in [1.54, 1.807) is 55.7 Å². The van der Waals surface area contributed by atoms with Crippen LogP contribution in [0.2, 0.25) is 25.1 Å². The second-order valence-corrected chi connectivity index (χ2v) is 29.3. The van der Waals surface area contributed by atoms with Crippen molar-refractivity contribution >= 4 is 167 Å². The van der Waals surface area contributed by atoms with Crippen molar-refractivity contribution in [2.24, 2.45) is 0 Å². The first kappa shape index (κ1) is 98.6. The zero-order chi connectivity index (χ0) is 82.3. The maximum atomic E-state index is 5.77. The Balaban J connectivity index is 0.000000614. The lowest BCUT2D eigenvalue weighted by Gasteiger charge is -2.21. The Morgan fingerprint density at radius 3 is 1.15 bits per heavy atom. The van der Waals surface area contributed by atoms with Crippen molar-refractivity contribution in [3.8, 4) is 17.2 Å². The molecule has 0 aliphatic heterocycles. The average molecular weight is 1750 g/mol. The Morgan fingerprint density at radius 2 is 0.764 bits per heavy atom. The molecule has 11 aromatic carbocycles. The second-order valence-electron chi connectivity index (χ2n) is 24.5. The van der Waals surface area contributed by atoms with Crippen LogP contribution < -0.4 is 14.2 Å². The minimum absolute atomic E-state index is 0.129. The van der Waals surface area contributed by atoms with Crippen LogP contribution in [0, 0.1) is 0 Å². The molecule has 11 rings (SSSR count). The molecular weight excluding hydrogens is 1650 g/mol. The molecule has 0 saturated carbocycles. The third-order valence-corrected chi connectivity index (χ3v) is 17.3. The summed E-state index contributed by atoms with van der Waals surface area (Å²) >= 11 is 38.7. The minimum Gasteiger partial charge on any atom is -0.493 e. The van der Waals surface area contributed by atoms with Gasteiger partial charge in [-0.1, -0.05) is 430 Å². The summed E-state index contributed by atoms with van der Waals surface area (Å²) in [5.41, 5.74) is 15.5. The van der Waals surface area contributed by atoms with Gasteiger partial charge < -0.3 is 14.2 Å². The largest absolute Gasteiger partial charge is 0.493 e. The average Bonchev–Trinajstić information content (AvgIpc) is 0.860. The van der Waals surface area contributed by atoms with E-state index in [-0.39, 0.29) is 11.0 Å². The third-order valence-electron chi connectivity index (χ3n) is 14.0. The van der Waals surface area contributed by atoms with Crippen LogP contribution in [0.5, 0.6) is 17.2 Å². The van der Waals surface area contributed by atoms with Crippen LogP contribution in [-0.2, 0) is 12.0 Å². The molecule has 0 bridgehead atoms. The van der Waals surface area contributed by atoms with Gasteiger partial charge in [-0.15, -0.1) is 5.73 Å². The summed E-state index contributed by atoms with van der Waals surface area (Å²) in [5.74, 6) is 2.37. The van der Waals surface area contributed by atoms with Crippen molar-refractivity contribution in [2.45, 2.75) is 59.2 Å². The van der Waals surface area contributed by atoms with Crippen molar-refractivity contribution in [1.29, 1.82) is 0 Å². The van der Waals surface area contributed by atoms with Crippen LogP contribution in [0.1, 0.15) is 108 Å². The molecule has 0 aromatic heterocycles. The van der Waals surface area contributed by atoms with Crippen LogP contribution in [0.4, 0.5) is 0 Å². The van der Waals surface area contributed by atoms with Gasteiger partial charge in [-0.2, -0.15) is 0 Å². The smallest absolute Gasteiger partial charge is 0.161 e. The highest BCUT2D eigenvalue weighted by Crippen LogP contribution is 2.30. The van der Waals surface area contributed by atoms with Gasteiger partial charge in [-0.3, -0.25) is 0 Å². The number of methoxy groups -OCH3 is 1. The molecule has 0 amide bonds. The van der Waals surface area contributed by atoms with Crippen molar-refractivity contribution in [3.05, 3.63) is 451 Å². The minimum atomic E-state index is -0.129. The predicted molar refractivity (Wildman–Crippen MR) is 505 cm³/mol. The molecule has 3 nitrogen and oxygen atoms in total. The van der Waals surface area contributed by atoms with Gasteiger partial charge in [0.2, 0.25) is 0 Å². The number of halogens is 8. The summed E-state index contributed by atoms with van der Waals surface area (Å²) in [4.78, 5) is 0. The first-order valence-corrected chi connectivity index (χ1v) is 38.5. The molecule has 0 heterocycles. The number of hydrogen-bond donors (Lipinski definition) is 0. The zero-order valence-electron chi connectivity index (χ0n) is 64.0. The Morgan fingerprint density at radius 1 is 0.355 bits per heavy atom. The molecule has 0 atom stereocenters. The van der Waals surface area contributed by atoms with Gasteiger partial charge in [0, 0.05) is 44.1 Å². The van der Waals surface area contributed by atoms with Crippen molar-refractivity contribution < 1.29 is 14.2 Å². The lowest BCUT2D eigenvalue weighted by Crippen LogP contribution is -2.22. The zero-order valence-corrected chi connectivity index (χ0v) is 72.6. The quantitative estimate of drug-likeness (QED) is 0.0958. The van der Waals surface area contributed by atoms with Crippen LogP contribution >= 0.6 is 106 Å². The van der Waals surface area contributed by atoms with Gasteiger partial charge in [0.15, 0.2) is 11.5 Å². The maximum absolute atomic E-state index is 5.77. The number of benzene rings is 11. The molecule has 570 valence electrons. The summed E-state index contributed by atoms with van der Waals surface area (Å²) in [6, 6.07) is 84.4. The molecule has 0 fully saturated rings. The van der Waals surface area contributed by atoms with Gasteiger partial charge >= 0.3 is 0 Å². The van der Waals surface area contributed by atoms with Gasteiger partial charge in [-0.25, -0.2) is 0 Å². The number of rotatable bonds is 15. The van der Waals surface area contributed by atoms with E-state index in [1.165, 1.54) is 11.1 Å².